The number of anilines is 2. The second-order valence-electron chi connectivity index (χ2n) is 6.89. The summed E-state index contributed by atoms with van der Waals surface area (Å²) >= 11 is 0. The van der Waals surface area contributed by atoms with Gasteiger partial charge in [-0.05, 0) is 44.9 Å². The van der Waals surface area contributed by atoms with E-state index in [1.165, 1.54) is 44.9 Å². The number of nitrogens with one attached hydrogen (secondary N) is 1. The van der Waals surface area contributed by atoms with Crippen molar-refractivity contribution in [1.82, 2.24) is 9.97 Å². The fourth-order valence-corrected chi connectivity index (χ4v) is 4.13. The van der Waals surface area contributed by atoms with Gasteiger partial charge in [-0.25, -0.2) is 15.8 Å². The van der Waals surface area contributed by atoms with E-state index in [0.29, 0.717) is 12.0 Å². The van der Waals surface area contributed by atoms with Crippen LogP contribution in [0.2, 0.25) is 0 Å². The molecule has 2 unspecified atom stereocenters. The maximum atomic E-state index is 5.68. The molecule has 0 bridgehead atoms. The molecule has 0 amide bonds. The molecule has 3 N–H and O–H groups in total. The second kappa shape index (κ2) is 5.13. The lowest BCUT2D eigenvalue weighted by molar-refractivity contribution is 0.341. The monoisotopic (exact) mass is 287 g/mol. The predicted octanol–water partition coefficient (Wildman–Crippen LogP) is 2.72. The first-order chi connectivity index (χ1) is 10.3. The van der Waals surface area contributed by atoms with Crippen LogP contribution in [0.4, 0.5) is 11.6 Å². The number of hydrazine groups is 1. The minimum absolute atomic E-state index is 0.557. The van der Waals surface area contributed by atoms with Crippen LogP contribution in [0.1, 0.15) is 62.3 Å². The van der Waals surface area contributed by atoms with Crippen LogP contribution in [0.5, 0.6) is 0 Å². The first-order valence-electron chi connectivity index (χ1n) is 8.39. The van der Waals surface area contributed by atoms with E-state index in [2.05, 4.69) is 22.2 Å². The lowest BCUT2D eigenvalue weighted by atomic mass is 9.85. The SMILES string of the molecule is Cc1c(NN)nc(C2CC2)nc1N1CCC2CCCCC21. The van der Waals surface area contributed by atoms with Crippen LogP contribution < -0.4 is 16.2 Å². The van der Waals surface area contributed by atoms with Gasteiger partial charge in [0, 0.05) is 24.1 Å². The Morgan fingerprint density at radius 2 is 1.90 bits per heavy atom. The first-order valence-corrected chi connectivity index (χ1v) is 8.39. The molecule has 4 rings (SSSR count). The molecule has 2 heterocycles. The van der Waals surface area contributed by atoms with Crippen LogP contribution in [0.3, 0.4) is 0 Å². The van der Waals surface area contributed by atoms with Crippen LogP contribution in [0.15, 0.2) is 0 Å². The van der Waals surface area contributed by atoms with Crippen molar-refractivity contribution in [1.29, 1.82) is 0 Å². The Hall–Kier alpha value is -1.36. The third-order valence-corrected chi connectivity index (χ3v) is 5.50. The van der Waals surface area contributed by atoms with Crippen molar-refractivity contribution < 1.29 is 0 Å². The van der Waals surface area contributed by atoms with Crippen molar-refractivity contribution in [3.8, 4) is 0 Å². The molecule has 1 aromatic rings. The summed E-state index contributed by atoms with van der Waals surface area (Å²) in [5, 5.41) is 0. The van der Waals surface area contributed by atoms with Crippen molar-refractivity contribution in [2.45, 2.75) is 63.8 Å². The lowest BCUT2D eigenvalue weighted by Gasteiger charge is -2.33. The standard InChI is InChI=1S/C16H25N5/c1-10-14(20-17)18-15(12-6-7-12)19-16(10)21-9-8-11-4-2-3-5-13(11)21/h11-13H,2-9,17H2,1H3,(H,18,19,20). The van der Waals surface area contributed by atoms with E-state index in [1.54, 1.807) is 0 Å². The molecule has 21 heavy (non-hydrogen) atoms. The van der Waals surface area contributed by atoms with Crippen LogP contribution in [-0.4, -0.2) is 22.6 Å². The Bertz CT molecular complexity index is 540. The van der Waals surface area contributed by atoms with Crippen LogP contribution in [0.25, 0.3) is 0 Å². The summed E-state index contributed by atoms with van der Waals surface area (Å²) < 4.78 is 0. The Labute approximate surface area is 126 Å². The van der Waals surface area contributed by atoms with Crippen molar-refractivity contribution in [3.05, 3.63) is 11.4 Å². The Balaban J connectivity index is 1.71. The predicted molar refractivity (Wildman–Crippen MR) is 84.3 cm³/mol. The van der Waals surface area contributed by atoms with E-state index >= 15 is 0 Å². The molecule has 0 radical (unpaired) electrons. The highest BCUT2D eigenvalue weighted by Crippen LogP contribution is 2.43. The smallest absolute Gasteiger partial charge is 0.148 e. The summed E-state index contributed by atoms with van der Waals surface area (Å²) in [6, 6.07) is 0.685. The molecule has 1 aliphatic heterocycles. The van der Waals surface area contributed by atoms with E-state index in [-0.39, 0.29) is 0 Å². The summed E-state index contributed by atoms with van der Waals surface area (Å²) in [4.78, 5) is 12.1. The van der Waals surface area contributed by atoms with Gasteiger partial charge in [-0.1, -0.05) is 12.8 Å². The minimum atomic E-state index is 0.557. The van der Waals surface area contributed by atoms with Gasteiger partial charge in [0.25, 0.3) is 0 Å². The molecule has 0 spiro atoms. The van der Waals surface area contributed by atoms with Gasteiger partial charge in [-0.3, -0.25) is 0 Å². The normalized spacial score (nSPS) is 28.6. The summed E-state index contributed by atoms with van der Waals surface area (Å²) in [6.07, 6.45) is 9.23. The minimum Gasteiger partial charge on any atom is -0.353 e. The van der Waals surface area contributed by atoms with Crippen LogP contribution in [-0.2, 0) is 0 Å². The molecule has 5 heteroatoms. The van der Waals surface area contributed by atoms with Crippen molar-refractivity contribution >= 4 is 11.6 Å². The van der Waals surface area contributed by atoms with Gasteiger partial charge in [-0.2, -0.15) is 0 Å². The maximum absolute atomic E-state index is 5.68. The van der Waals surface area contributed by atoms with Gasteiger partial charge in [0.05, 0.1) is 0 Å². The molecule has 1 saturated heterocycles. The number of hydrogen-bond donors (Lipinski definition) is 2. The average molecular weight is 287 g/mol. The van der Waals surface area contributed by atoms with E-state index in [9.17, 15) is 0 Å². The lowest BCUT2D eigenvalue weighted by Crippen LogP contribution is -2.36. The number of fused-ring (bicyclic) bond motifs is 1. The zero-order chi connectivity index (χ0) is 14.4. The summed E-state index contributed by atoms with van der Waals surface area (Å²) in [6.45, 7) is 3.23. The fourth-order valence-electron chi connectivity index (χ4n) is 4.13. The molecule has 2 atom stereocenters. The molecule has 3 fully saturated rings. The number of rotatable bonds is 3. The van der Waals surface area contributed by atoms with Crippen molar-refractivity contribution in [2.24, 2.45) is 11.8 Å². The molecule has 2 saturated carbocycles. The van der Waals surface area contributed by atoms with Gasteiger partial charge >= 0.3 is 0 Å². The van der Waals surface area contributed by atoms with Crippen molar-refractivity contribution in [2.75, 3.05) is 16.9 Å². The van der Waals surface area contributed by atoms with Crippen LogP contribution >= 0.6 is 0 Å². The van der Waals surface area contributed by atoms with Crippen LogP contribution in [0, 0.1) is 12.8 Å². The van der Waals surface area contributed by atoms with Gasteiger partial charge < -0.3 is 10.3 Å². The molecule has 2 aliphatic carbocycles. The summed E-state index contributed by atoms with van der Waals surface area (Å²) in [7, 11) is 0. The number of nitrogens with two attached hydrogens (primary N) is 1. The Kier molecular flexibility index (Phi) is 3.25. The van der Waals surface area contributed by atoms with Gasteiger partial charge in [0.15, 0.2) is 0 Å². The third-order valence-electron chi connectivity index (χ3n) is 5.50. The molecular formula is C16H25N5. The van der Waals surface area contributed by atoms with Gasteiger partial charge in [0.1, 0.15) is 17.5 Å². The fraction of sp³-hybridized carbons (Fsp3) is 0.750. The number of hydrogen-bond acceptors (Lipinski definition) is 5. The summed E-state index contributed by atoms with van der Waals surface area (Å²) in [5.74, 6) is 10.0. The Morgan fingerprint density at radius 3 is 2.67 bits per heavy atom. The second-order valence-corrected chi connectivity index (χ2v) is 6.89. The largest absolute Gasteiger partial charge is 0.353 e. The van der Waals surface area contributed by atoms with Gasteiger partial charge in [0.2, 0.25) is 0 Å². The number of nitrogen functional groups attached to an aromatic ring is 1. The third kappa shape index (κ3) is 2.27. The quantitative estimate of drug-likeness (QED) is 0.661. The maximum Gasteiger partial charge on any atom is 0.148 e. The zero-order valence-electron chi connectivity index (χ0n) is 12.8. The zero-order valence-corrected chi connectivity index (χ0v) is 12.8. The highest BCUT2D eigenvalue weighted by atomic mass is 15.3. The van der Waals surface area contributed by atoms with E-state index in [4.69, 9.17) is 10.8 Å². The topological polar surface area (TPSA) is 67.1 Å². The van der Waals surface area contributed by atoms with Gasteiger partial charge in [-0.15, -0.1) is 0 Å². The molecule has 3 aliphatic rings. The molecule has 5 nitrogen and oxygen atoms in total. The van der Waals surface area contributed by atoms with E-state index in [0.717, 1.165) is 35.5 Å². The molecule has 1 aromatic heterocycles. The van der Waals surface area contributed by atoms with Crippen molar-refractivity contribution in [3.63, 3.8) is 0 Å². The summed E-state index contributed by atoms with van der Waals surface area (Å²) in [5.41, 5.74) is 3.88. The first kappa shape index (κ1) is 13.3. The number of nitrogens with zero attached hydrogens (tertiary/aromatic N) is 3. The molecule has 0 aromatic carbocycles. The molecule has 114 valence electrons. The molecular weight excluding hydrogens is 262 g/mol. The Morgan fingerprint density at radius 1 is 1.10 bits per heavy atom. The van der Waals surface area contributed by atoms with E-state index in [1.807, 2.05) is 0 Å². The highest BCUT2D eigenvalue weighted by Gasteiger charge is 2.38. The highest BCUT2D eigenvalue weighted by molar-refractivity contribution is 5.59. The number of aromatic nitrogens is 2. The average Bonchev–Trinajstić information content (AvgIpc) is 3.27. The van der Waals surface area contributed by atoms with E-state index < -0.39 is 0 Å².